The van der Waals surface area contributed by atoms with Crippen LogP contribution >= 0.6 is 11.6 Å². The third-order valence-electron chi connectivity index (χ3n) is 3.68. The molecule has 0 heterocycles. The number of amides is 1. The van der Waals surface area contributed by atoms with Gasteiger partial charge < -0.3 is 10.0 Å². The highest BCUT2D eigenvalue weighted by atomic mass is 35.5. The van der Waals surface area contributed by atoms with Crippen LogP contribution in [-0.4, -0.2) is 28.9 Å². The molecule has 2 rings (SSSR count). The van der Waals surface area contributed by atoms with E-state index in [9.17, 15) is 9.59 Å². The summed E-state index contributed by atoms with van der Waals surface area (Å²) < 4.78 is 0. The SMILES string of the molecule is CC(c1cccc(Cl)c1)N(C)C(=O)[C@@H]1C[C@@H]1C(=O)O. The first-order valence-electron chi connectivity index (χ1n) is 6.16. The fraction of sp³-hybridized carbons (Fsp3) is 0.429. The third kappa shape index (κ3) is 2.89. The molecule has 0 aromatic heterocycles. The van der Waals surface area contributed by atoms with Crippen LogP contribution < -0.4 is 0 Å². The summed E-state index contributed by atoms with van der Waals surface area (Å²) in [5.41, 5.74) is 0.941. The maximum atomic E-state index is 12.1. The molecule has 0 aliphatic heterocycles. The second kappa shape index (κ2) is 5.21. The highest BCUT2D eigenvalue weighted by Crippen LogP contribution is 2.41. The van der Waals surface area contributed by atoms with E-state index in [1.54, 1.807) is 18.0 Å². The lowest BCUT2D eigenvalue weighted by molar-refractivity contribution is -0.142. The zero-order valence-electron chi connectivity index (χ0n) is 10.8. The van der Waals surface area contributed by atoms with Gasteiger partial charge in [-0.1, -0.05) is 23.7 Å². The Morgan fingerprint density at radius 1 is 1.42 bits per heavy atom. The van der Waals surface area contributed by atoms with E-state index in [0.29, 0.717) is 11.4 Å². The summed E-state index contributed by atoms with van der Waals surface area (Å²) in [5.74, 6) is -1.88. The number of hydrogen-bond donors (Lipinski definition) is 1. The number of rotatable bonds is 4. The molecular weight excluding hydrogens is 266 g/mol. The molecule has 0 spiro atoms. The Hall–Kier alpha value is -1.55. The molecule has 1 aliphatic carbocycles. The lowest BCUT2D eigenvalue weighted by Crippen LogP contribution is -2.31. The van der Waals surface area contributed by atoms with Gasteiger partial charge in [-0.3, -0.25) is 9.59 Å². The van der Waals surface area contributed by atoms with Crippen molar-refractivity contribution in [3.8, 4) is 0 Å². The number of carboxylic acids is 1. The summed E-state index contributed by atoms with van der Waals surface area (Å²) >= 11 is 5.93. The van der Waals surface area contributed by atoms with Crippen molar-refractivity contribution in [3.05, 3.63) is 34.9 Å². The van der Waals surface area contributed by atoms with Gasteiger partial charge in [0, 0.05) is 12.1 Å². The van der Waals surface area contributed by atoms with Crippen LogP contribution in [0.3, 0.4) is 0 Å². The van der Waals surface area contributed by atoms with E-state index in [0.717, 1.165) is 5.56 Å². The molecule has 1 aliphatic rings. The van der Waals surface area contributed by atoms with Crippen molar-refractivity contribution in [2.24, 2.45) is 11.8 Å². The van der Waals surface area contributed by atoms with Gasteiger partial charge in [-0.25, -0.2) is 0 Å². The minimum Gasteiger partial charge on any atom is -0.481 e. The van der Waals surface area contributed by atoms with Crippen LogP contribution in [0.4, 0.5) is 0 Å². The number of nitrogens with zero attached hydrogens (tertiary/aromatic N) is 1. The quantitative estimate of drug-likeness (QED) is 0.923. The van der Waals surface area contributed by atoms with Crippen molar-refractivity contribution in [3.63, 3.8) is 0 Å². The molecule has 1 unspecified atom stereocenters. The van der Waals surface area contributed by atoms with E-state index in [1.807, 2.05) is 25.1 Å². The van der Waals surface area contributed by atoms with Gasteiger partial charge in [-0.15, -0.1) is 0 Å². The lowest BCUT2D eigenvalue weighted by Gasteiger charge is -2.25. The smallest absolute Gasteiger partial charge is 0.307 e. The molecule has 1 saturated carbocycles. The number of hydrogen-bond acceptors (Lipinski definition) is 2. The van der Waals surface area contributed by atoms with Crippen LogP contribution in [-0.2, 0) is 9.59 Å². The first kappa shape index (κ1) is 13.9. The molecular formula is C14H16ClNO3. The molecule has 19 heavy (non-hydrogen) atoms. The Bertz CT molecular complexity index is 517. The minimum atomic E-state index is -0.887. The van der Waals surface area contributed by atoms with Gasteiger partial charge in [-0.05, 0) is 31.0 Å². The lowest BCUT2D eigenvalue weighted by atomic mass is 10.1. The molecule has 4 nitrogen and oxygen atoms in total. The number of carbonyl (C=O) groups excluding carboxylic acids is 1. The van der Waals surface area contributed by atoms with Crippen LogP contribution in [0.25, 0.3) is 0 Å². The van der Waals surface area contributed by atoms with E-state index >= 15 is 0 Å². The van der Waals surface area contributed by atoms with E-state index in [4.69, 9.17) is 16.7 Å². The van der Waals surface area contributed by atoms with Gasteiger partial charge in [0.05, 0.1) is 17.9 Å². The van der Waals surface area contributed by atoms with Crippen molar-refractivity contribution in [2.75, 3.05) is 7.05 Å². The predicted molar refractivity (Wildman–Crippen MR) is 71.9 cm³/mol. The second-order valence-electron chi connectivity index (χ2n) is 4.97. The van der Waals surface area contributed by atoms with Crippen molar-refractivity contribution in [1.82, 2.24) is 4.90 Å². The Labute approximate surface area is 117 Å². The molecule has 0 radical (unpaired) electrons. The summed E-state index contributed by atoms with van der Waals surface area (Å²) in [6.07, 6.45) is 0.445. The first-order chi connectivity index (χ1) is 8.91. The topological polar surface area (TPSA) is 57.6 Å². The molecule has 1 amide bonds. The molecule has 0 bridgehead atoms. The van der Waals surface area contributed by atoms with E-state index in [1.165, 1.54) is 0 Å². The molecule has 5 heteroatoms. The van der Waals surface area contributed by atoms with E-state index in [-0.39, 0.29) is 17.9 Å². The molecule has 0 saturated heterocycles. The summed E-state index contributed by atoms with van der Waals surface area (Å²) in [6.45, 7) is 1.90. The van der Waals surface area contributed by atoms with Crippen molar-refractivity contribution >= 4 is 23.5 Å². The average Bonchev–Trinajstić information content (AvgIpc) is 3.16. The van der Waals surface area contributed by atoms with E-state index < -0.39 is 11.9 Å². The standard InChI is InChI=1S/C14H16ClNO3/c1-8(9-4-3-5-10(15)6-9)16(2)13(17)11-7-12(11)14(18)19/h3-6,8,11-12H,7H2,1-2H3,(H,18,19)/t8?,11-,12+/m1/s1. The zero-order chi connectivity index (χ0) is 14.2. The molecule has 1 N–H and O–H groups in total. The highest BCUT2D eigenvalue weighted by molar-refractivity contribution is 6.30. The van der Waals surface area contributed by atoms with Crippen LogP contribution in [0.15, 0.2) is 24.3 Å². The van der Waals surface area contributed by atoms with Gasteiger partial charge in [0.2, 0.25) is 5.91 Å². The van der Waals surface area contributed by atoms with Gasteiger partial charge in [0.25, 0.3) is 0 Å². The maximum Gasteiger partial charge on any atom is 0.307 e. The normalized spacial score (nSPS) is 22.7. The van der Waals surface area contributed by atoms with Crippen LogP contribution in [0.2, 0.25) is 5.02 Å². The number of aliphatic carboxylic acids is 1. The number of carboxylic acid groups (broad SMARTS) is 1. The Balaban J connectivity index is 2.05. The molecule has 1 fully saturated rings. The summed E-state index contributed by atoms with van der Waals surface area (Å²) in [7, 11) is 1.70. The fourth-order valence-corrected chi connectivity index (χ4v) is 2.38. The first-order valence-corrected chi connectivity index (χ1v) is 6.54. The Morgan fingerprint density at radius 3 is 2.63 bits per heavy atom. The van der Waals surface area contributed by atoms with Gasteiger partial charge in [0.15, 0.2) is 0 Å². The van der Waals surface area contributed by atoms with Gasteiger partial charge in [0.1, 0.15) is 0 Å². The van der Waals surface area contributed by atoms with Gasteiger partial charge >= 0.3 is 5.97 Å². The number of benzene rings is 1. The molecule has 3 atom stereocenters. The van der Waals surface area contributed by atoms with Crippen molar-refractivity contribution in [2.45, 2.75) is 19.4 Å². The number of carbonyl (C=O) groups is 2. The van der Waals surface area contributed by atoms with Crippen LogP contribution in [0.1, 0.15) is 24.9 Å². The average molecular weight is 282 g/mol. The Morgan fingerprint density at radius 2 is 2.11 bits per heavy atom. The summed E-state index contributed by atoms with van der Waals surface area (Å²) in [6, 6.07) is 7.21. The van der Waals surface area contributed by atoms with Crippen molar-refractivity contribution < 1.29 is 14.7 Å². The summed E-state index contributed by atoms with van der Waals surface area (Å²) in [4.78, 5) is 24.5. The largest absolute Gasteiger partial charge is 0.481 e. The molecule has 1 aromatic rings. The third-order valence-corrected chi connectivity index (χ3v) is 3.92. The Kier molecular flexibility index (Phi) is 3.80. The van der Waals surface area contributed by atoms with Crippen molar-refractivity contribution in [1.29, 1.82) is 0 Å². The van der Waals surface area contributed by atoms with E-state index in [2.05, 4.69) is 0 Å². The minimum absolute atomic E-state index is 0.111. The van der Waals surface area contributed by atoms with Crippen LogP contribution in [0, 0.1) is 11.8 Å². The molecule has 1 aromatic carbocycles. The van der Waals surface area contributed by atoms with Gasteiger partial charge in [-0.2, -0.15) is 0 Å². The number of halogens is 1. The second-order valence-corrected chi connectivity index (χ2v) is 5.40. The zero-order valence-corrected chi connectivity index (χ0v) is 11.6. The van der Waals surface area contributed by atoms with Crippen LogP contribution in [0.5, 0.6) is 0 Å². The fourth-order valence-electron chi connectivity index (χ4n) is 2.18. The predicted octanol–water partition coefficient (Wildman–Crippen LogP) is 2.58. The maximum absolute atomic E-state index is 12.1. The molecule has 102 valence electrons. The summed E-state index contributed by atoms with van der Waals surface area (Å²) in [5, 5.41) is 9.48. The monoisotopic (exact) mass is 281 g/mol. The highest BCUT2D eigenvalue weighted by Gasteiger charge is 2.49.